The summed E-state index contributed by atoms with van der Waals surface area (Å²) in [5.41, 5.74) is 4.71. The predicted molar refractivity (Wildman–Crippen MR) is 76.3 cm³/mol. The van der Waals surface area contributed by atoms with Crippen LogP contribution in [0.2, 0.25) is 0 Å². The van der Waals surface area contributed by atoms with Gasteiger partial charge in [0.2, 0.25) is 0 Å². The van der Waals surface area contributed by atoms with Crippen LogP contribution in [0.15, 0.2) is 53.6 Å². The molecule has 0 radical (unpaired) electrons. The number of hydrogen-bond donors (Lipinski definition) is 1. The molecular weight excluding hydrogens is 218 g/mol. The zero-order chi connectivity index (χ0) is 12.6. The summed E-state index contributed by atoms with van der Waals surface area (Å²) < 4.78 is 0. The number of fused-ring (bicyclic) bond motifs is 1. The molecule has 1 N–H and O–H groups in total. The molecule has 1 saturated carbocycles. The van der Waals surface area contributed by atoms with Gasteiger partial charge < -0.3 is 5.32 Å². The van der Waals surface area contributed by atoms with Gasteiger partial charge in [-0.25, -0.2) is 0 Å². The van der Waals surface area contributed by atoms with Crippen molar-refractivity contribution in [1.29, 1.82) is 0 Å². The van der Waals surface area contributed by atoms with Crippen LogP contribution >= 0.6 is 0 Å². The highest BCUT2D eigenvalue weighted by atomic mass is 15.0. The first-order valence-electron chi connectivity index (χ1n) is 6.94. The van der Waals surface area contributed by atoms with Gasteiger partial charge in [-0.3, -0.25) is 0 Å². The quantitative estimate of drug-likeness (QED) is 0.842. The standard InChI is InChI=1S/C17H21N/c1-3-14-9-16-11-17(10-14,13(16)2)18-12-15-7-5-4-6-8-15/h4-10,13,18H,3,11-12H2,1-2H3. The summed E-state index contributed by atoms with van der Waals surface area (Å²) in [7, 11) is 0. The van der Waals surface area contributed by atoms with E-state index in [0.29, 0.717) is 5.92 Å². The summed E-state index contributed by atoms with van der Waals surface area (Å²) in [5, 5.41) is 3.78. The Morgan fingerprint density at radius 2 is 2.06 bits per heavy atom. The molecule has 0 heterocycles. The molecule has 2 atom stereocenters. The Morgan fingerprint density at radius 3 is 2.72 bits per heavy atom. The van der Waals surface area contributed by atoms with E-state index in [2.05, 4.69) is 61.6 Å². The molecular formula is C17H21N. The molecule has 1 aromatic carbocycles. The lowest BCUT2D eigenvalue weighted by Gasteiger charge is -2.52. The molecule has 4 rings (SSSR count). The second-order valence-electron chi connectivity index (χ2n) is 5.57. The Hall–Kier alpha value is -1.34. The number of benzene rings is 1. The molecule has 0 aromatic heterocycles. The highest BCUT2D eigenvalue weighted by Crippen LogP contribution is 2.49. The van der Waals surface area contributed by atoms with Crippen LogP contribution in [-0.2, 0) is 6.54 Å². The minimum absolute atomic E-state index is 0.227. The zero-order valence-corrected chi connectivity index (χ0v) is 11.2. The second-order valence-corrected chi connectivity index (χ2v) is 5.57. The van der Waals surface area contributed by atoms with Gasteiger partial charge in [-0.1, -0.05) is 67.5 Å². The van der Waals surface area contributed by atoms with E-state index in [0.717, 1.165) is 13.0 Å². The Morgan fingerprint density at radius 1 is 1.28 bits per heavy atom. The van der Waals surface area contributed by atoms with Crippen molar-refractivity contribution in [2.75, 3.05) is 0 Å². The molecule has 1 nitrogen and oxygen atoms in total. The first-order chi connectivity index (χ1) is 8.73. The van der Waals surface area contributed by atoms with Crippen LogP contribution in [0.25, 0.3) is 0 Å². The fraction of sp³-hybridized carbons (Fsp3) is 0.412. The molecule has 2 bridgehead atoms. The monoisotopic (exact) mass is 239 g/mol. The van der Waals surface area contributed by atoms with Crippen LogP contribution in [0.5, 0.6) is 0 Å². The first kappa shape index (κ1) is 11.7. The van der Waals surface area contributed by atoms with Crippen LogP contribution in [0.1, 0.15) is 32.3 Å². The summed E-state index contributed by atoms with van der Waals surface area (Å²) in [6, 6.07) is 10.7. The van der Waals surface area contributed by atoms with Crippen LogP contribution in [0, 0.1) is 5.92 Å². The van der Waals surface area contributed by atoms with Crippen molar-refractivity contribution in [2.45, 2.75) is 38.8 Å². The third-order valence-corrected chi connectivity index (χ3v) is 4.51. The van der Waals surface area contributed by atoms with Gasteiger partial charge in [0.1, 0.15) is 0 Å². The van der Waals surface area contributed by atoms with Crippen molar-refractivity contribution in [3.05, 3.63) is 59.2 Å². The van der Waals surface area contributed by atoms with E-state index in [9.17, 15) is 0 Å². The number of nitrogens with one attached hydrogen (secondary N) is 1. The van der Waals surface area contributed by atoms with Crippen molar-refractivity contribution < 1.29 is 0 Å². The molecule has 1 heteroatoms. The Balaban J connectivity index is 1.73. The molecule has 3 aliphatic rings. The maximum atomic E-state index is 3.78. The molecule has 0 spiro atoms. The maximum absolute atomic E-state index is 3.78. The Kier molecular flexibility index (Phi) is 2.87. The van der Waals surface area contributed by atoms with E-state index in [1.54, 1.807) is 5.57 Å². The molecule has 0 aliphatic heterocycles. The summed E-state index contributed by atoms with van der Waals surface area (Å²) in [6.45, 7) is 5.55. The van der Waals surface area contributed by atoms with Gasteiger partial charge in [-0.2, -0.15) is 0 Å². The Labute approximate surface area is 110 Å². The molecule has 94 valence electrons. The van der Waals surface area contributed by atoms with Crippen LogP contribution in [-0.4, -0.2) is 5.54 Å². The van der Waals surface area contributed by atoms with Gasteiger partial charge in [0.25, 0.3) is 0 Å². The SMILES string of the molecule is CCC1=CC2(NCc3ccccc3)CC(=C1)C2C. The number of hydrogen-bond acceptors (Lipinski definition) is 1. The van der Waals surface area contributed by atoms with Crippen molar-refractivity contribution in [3.63, 3.8) is 0 Å². The normalized spacial score (nSPS) is 29.3. The van der Waals surface area contributed by atoms with E-state index in [4.69, 9.17) is 0 Å². The van der Waals surface area contributed by atoms with Crippen LogP contribution < -0.4 is 5.32 Å². The average molecular weight is 239 g/mol. The average Bonchev–Trinajstić information content (AvgIpc) is 2.45. The van der Waals surface area contributed by atoms with Crippen LogP contribution in [0.3, 0.4) is 0 Å². The molecule has 2 unspecified atom stereocenters. The lowest BCUT2D eigenvalue weighted by molar-refractivity contribution is 0.220. The highest BCUT2D eigenvalue weighted by molar-refractivity contribution is 5.46. The fourth-order valence-electron chi connectivity index (χ4n) is 3.14. The molecule has 0 amide bonds. The van der Waals surface area contributed by atoms with Crippen LogP contribution in [0.4, 0.5) is 0 Å². The Bertz CT molecular complexity index is 498. The molecule has 1 aromatic rings. The largest absolute Gasteiger partial charge is 0.303 e. The third kappa shape index (κ3) is 1.83. The van der Waals surface area contributed by atoms with Crippen molar-refractivity contribution >= 4 is 0 Å². The summed E-state index contributed by atoms with van der Waals surface area (Å²) in [6.07, 6.45) is 7.21. The lowest BCUT2D eigenvalue weighted by Crippen LogP contribution is -2.58. The first-order valence-corrected chi connectivity index (χ1v) is 6.94. The van der Waals surface area contributed by atoms with Crippen molar-refractivity contribution in [2.24, 2.45) is 5.92 Å². The zero-order valence-electron chi connectivity index (χ0n) is 11.2. The van der Waals surface area contributed by atoms with Gasteiger partial charge in [0, 0.05) is 12.1 Å². The van der Waals surface area contributed by atoms with Gasteiger partial charge in [0.05, 0.1) is 0 Å². The van der Waals surface area contributed by atoms with E-state index in [-0.39, 0.29) is 5.54 Å². The van der Waals surface area contributed by atoms with E-state index in [1.807, 2.05) is 0 Å². The minimum Gasteiger partial charge on any atom is -0.303 e. The molecule has 3 aliphatic carbocycles. The number of allylic oxidation sites excluding steroid dienone is 2. The smallest absolute Gasteiger partial charge is 0.0474 e. The van der Waals surface area contributed by atoms with Crippen molar-refractivity contribution in [1.82, 2.24) is 5.32 Å². The predicted octanol–water partition coefficient (Wildman–Crippen LogP) is 3.83. The van der Waals surface area contributed by atoms with Gasteiger partial charge in [-0.15, -0.1) is 0 Å². The second kappa shape index (κ2) is 4.40. The lowest BCUT2D eigenvalue weighted by atomic mass is 9.59. The van der Waals surface area contributed by atoms with E-state index in [1.165, 1.54) is 17.6 Å². The van der Waals surface area contributed by atoms with Gasteiger partial charge in [-0.05, 0) is 24.3 Å². The summed E-state index contributed by atoms with van der Waals surface area (Å²) >= 11 is 0. The van der Waals surface area contributed by atoms with E-state index >= 15 is 0 Å². The molecule has 1 fully saturated rings. The summed E-state index contributed by atoms with van der Waals surface area (Å²) in [5.74, 6) is 0.663. The highest BCUT2D eigenvalue weighted by Gasteiger charge is 2.47. The molecule has 18 heavy (non-hydrogen) atoms. The summed E-state index contributed by atoms with van der Waals surface area (Å²) in [4.78, 5) is 0. The minimum atomic E-state index is 0.227. The third-order valence-electron chi connectivity index (χ3n) is 4.51. The van der Waals surface area contributed by atoms with E-state index < -0.39 is 0 Å². The van der Waals surface area contributed by atoms with Gasteiger partial charge >= 0.3 is 0 Å². The maximum Gasteiger partial charge on any atom is 0.0474 e. The fourth-order valence-corrected chi connectivity index (χ4v) is 3.14. The topological polar surface area (TPSA) is 12.0 Å². The molecule has 0 saturated heterocycles. The van der Waals surface area contributed by atoms with Gasteiger partial charge in [0.15, 0.2) is 0 Å². The van der Waals surface area contributed by atoms with Crippen molar-refractivity contribution in [3.8, 4) is 0 Å². The number of rotatable bonds is 4.